The van der Waals surface area contributed by atoms with Crippen molar-refractivity contribution in [1.82, 2.24) is 0 Å². The van der Waals surface area contributed by atoms with E-state index in [4.69, 9.17) is 4.55 Å². The molecule has 0 aromatic heterocycles. The van der Waals surface area contributed by atoms with E-state index >= 15 is 0 Å². The van der Waals surface area contributed by atoms with Gasteiger partial charge in [-0.1, -0.05) is 7.43 Å². The molecule has 0 aliphatic heterocycles. The molecule has 46 valence electrons. The highest BCUT2D eigenvalue weighted by molar-refractivity contribution is 8.69. The molecule has 0 spiro atoms. The summed E-state index contributed by atoms with van der Waals surface area (Å²) in [6.45, 7) is 0. The minimum Gasteiger partial charge on any atom is -0.277 e. The first-order valence-electron chi connectivity index (χ1n) is 1.09. The first-order valence-corrected chi connectivity index (χ1v) is 4.27. The summed E-state index contributed by atoms with van der Waals surface area (Å²) in [5.41, 5.74) is 0. The maximum atomic E-state index is 9.52. The Balaban J connectivity index is 0. The van der Waals surface area contributed by atoms with Gasteiger partial charge < -0.3 is 0 Å². The lowest BCUT2D eigenvalue weighted by molar-refractivity contribution is 0.503. The SMILES string of the molecule is C.CSS(=O)(=O)O. The van der Waals surface area contributed by atoms with Gasteiger partial charge in [0, 0.05) is 0 Å². The Morgan fingerprint density at radius 2 is 1.71 bits per heavy atom. The number of hydrogen-bond donors (Lipinski definition) is 1. The van der Waals surface area contributed by atoms with Gasteiger partial charge in [0.05, 0.1) is 0 Å². The monoisotopic (exact) mass is 144 g/mol. The van der Waals surface area contributed by atoms with Gasteiger partial charge in [-0.2, -0.15) is 8.42 Å². The van der Waals surface area contributed by atoms with Crippen LogP contribution in [-0.4, -0.2) is 19.2 Å². The first kappa shape index (κ1) is 10.3. The molecule has 3 nitrogen and oxygen atoms in total. The van der Waals surface area contributed by atoms with Crippen molar-refractivity contribution in [3.63, 3.8) is 0 Å². The summed E-state index contributed by atoms with van der Waals surface area (Å²) in [6.07, 6.45) is 1.29. The lowest BCUT2D eigenvalue weighted by Crippen LogP contribution is -1.84. The highest BCUT2D eigenvalue weighted by Crippen LogP contribution is 1.99. The first-order chi connectivity index (χ1) is 2.56. The van der Waals surface area contributed by atoms with Gasteiger partial charge in [-0.05, 0) is 17.0 Å². The molecule has 0 aliphatic rings. The largest absolute Gasteiger partial charge is 0.319 e. The van der Waals surface area contributed by atoms with Crippen molar-refractivity contribution in [2.45, 2.75) is 7.43 Å². The topological polar surface area (TPSA) is 54.4 Å². The summed E-state index contributed by atoms with van der Waals surface area (Å²) in [4.78, 5) is 0. The zero-order chi connectivity index (χ0) is 5.21. The maximum Gasteiger partial charge on any atom is 0.319 e. The highest BCUT2D eigenvalue weighted by Gasteiger charge is 1.94. The summed E-state index contributed by atoms with van der Waals surface area (Å²) in [5, 5.41) is 0. The van der Waals surface area contributed by atoms with E-state index < -0.39 is 9.15 Å². The Morgan fingerprint density at radius 3 is 1.71 bits per heavy atom. The summed E-state index contributed by atoms with van der Waals surface area (Å²) in [5.74, 6) is 0. The molecule has 0 amide bonds. The van der Waals surface area contributed by atoms with Crippen LogP contribution in [0.15, 0.2) is 0 Å². The van der Waals surface area contributed by atoms with Crippen molar-refractivity contribution in [3.8, 4) is 0 Å². The molecule has 0 bridgehead atoms. The summed E-state index contributed by atoms with van der Waals surface area (Å²) in [6, 6.07) is 0. The molecule has 0 heterocycles. The third-order valence-corrected chi connectivity index (χ3v) is 1.90. The molecule has 1 N–H and O–H groups in total. The van der Waals surface area contributed by atoms with Crippen LogP contribution in [0.25, 0.3) is 0 Å². The zero-order valence-corrected chi connectivity index (χ0v) is 4.71. The molecule has 0 rings (SSSR count). The van der Waals surface area contributed by atoms with Gasteiger partial charge in [0.15, 0.2) is 0 Å². The lowest BCUT2D eigenvalue weighted by Gasteiger charge is -1.79. The van der Waals surface area contributed by atoms with E-state index in [0.29, 0.717) is 10.8 Å². The predicted molar refractivity (Wildman–Crippen MR) is 31.8 cm³/mol. The van der Waals surface area contributed by atoms with Gasteiger partial charge in [0.25, 0.3) is 0 Å². The molecular formula is C2H8O3S2. The minimum absolute atomic E-state index is 0. The fraction of sp³-hybridized carbons (Fsp3) is 1.00. The molecule has 0 saturated heterocycles. The van der Waals surface area contributed by atoms with Crippen LogP contribution in [0.4, 0.5) is 0 Å². The zero-order valence-electron chi connectivity index (χ0n) is 3.08. The molecule has 0 saturated carbocycles. The summed E-state index contributed by atoms with van der Waals surface area (Å²) < 4.78 is 26.8. The second-order valence-electron chi connectivity index (χ2n) is 0.594. The molecule has 0 radical (unpaired) electrons. The van der Waals surface area contributed by atoms with Crippen LogP contribution in [0.3, 0.4) is 0 Å². The maximum absolute atomic E-state index is 9.52. The average molecular weight is 144 g/mol. The standard InChI is InChI=1S/CH4O3S2.CH4/c1-5-6(2,3)4;/h1H3,(H,2,3,4);1H4. The van der Waals surface area contributed by atoms with Crippen molar-refractivity contribution in [3.05, 3.63) is 0 Å². The Morgan fingerprint density at radius 1 is 1.57 bits per heavy atom. The third kappa shape index (κ3) is 10.7. The van der Waals surface area contributed by atoms with Crippen LogP contribution in [0, 0.1) is 0 Å². The van der Waals surface area contributed by atoms with E-state index in [-0.39, 0.29) is 7.43 Å². The van der Waals surface area contributed by atoms with E-state index in [1.165, 1.54) is 6.26 Å². The van der Waals surface area contributed by atoms with Crippen LogP contribution in [-0.2, 0) is 9.15 Å². The molecule has 0 aliphatic carbocycles. The van der Waals surface area contributed by atoms with Gasteiger partial charge in [-0.25, -0.2) is 0 Å². The van der Waals surface area contributed by atoms with Crippen molar-refractivity contribution < 1.29 is 13.0 Å². The Hall–Kier alpha value is 0.260. The fourth-order valence-electron chi connectivity index (χ4n) is 0. The molecule has 5 heteroatoms. The van der Waals surface area contributed by atoms with E-state index in [2.05, 4.69) is 0 Å². The number of hydrogen-bond acceptors (Lipinski definition) is 3. The van der Waals surface area contributed by atoms with Crippen LogP contribution in [0.1, 0.15) is 7.43 Å². The average Bonchev–Trinajstić information content (AvgIpc) is 1.35. The second-order valence-corrected chi connectivity index (χ2v) is 4.05. The van der Waals surface area contributed by atoms with Crippen molar-refractivity contribution in [2.75, 3.05) is 6.26 Å². The molecule has 7 heavy (non-hydrogen) atoms. The third-order valence-electron chi connectivity index (χ3n) is 0.211. The Labute approximate surface area is 47.3 Å². The minimum atomic E-state index is -3.75. The molecule has 0 atom stereocenters. The van der Waals surface area contributed by atoms with Crippen LogP contribution < -0.4 is 0 Å². The predicted octanol–water partition coefficient (Wildman–Crippen LogP) is 0.788. The van der Waals surface area contributed by atoms with Crippen molar-refractivity contribution >= 4 is 19.9 Å². The fourth-order valence-corrected chi connectivity index (χ4v) is 0. The summed E-state index contributed by atoms with van der Waals surface area (Å²) in [7, 11) is -3.34. The van der Waals surface area contributed by atoms with Crippen molar-refractivity contribution in [1.29, 1.82) is 0 Å². The van der Waals surface area contributed by atoms with E-state index in [1.54, 1.807) is 0 Å². The second kappa shape index (κ2) is 3.29. The van der Waals surface area contributed by atoms with E-state index in [9.17, 15) is 8.42 Å². The highest BCUT2D eigenvalue weighted by atomic mass is 33.1. The van der Waals surface area contributed by atoms with Gasteiger partial charge in [0.1, 0.15) is 0 Å². The lowest BCUT2D eigenvalue weighted by atomic mass is 12.0. The Bertz CT molecular complexity index is 113. The van der Waals surface area contributed by atoms with Gasteiger partial charge >= 0.3 is 9.15 Å². The molecule has 0 aromatic carbocycles. The van der Waals surface area contributed by atoms with Gasteiger partial charge in [-0.15, -0.1) is 0 Å². The smallest absolute Gasteiger partial charge is 0.277 e. The van der Waals surface area contributed by atoms with E-state index in [1.807, 2.05) is 0 Å². The quantitative estimate of drug-likeness (QED) is 0.436. The molecule has 0 unspecified atom stereocenters. The van der Waals surface area contributed by atoms with Gasteiger partial charge in [-0.3, -0.25) is 4.55 Å². The van der Waals surface area contributed by atoms with Crippen LogP contribution >= 0.6 is 10.8 Å². The van der Waals surface area contributed by atoms with Crippen LogP contribution in [0.5, 0.6) is 0 Å². The van der Waals surface area contributed by atoms with Crippen molar-refractivity contribution in [2.24, 2.45) is 0 Å². The molecule has 0 fully saturated rings. The normalized spacial score (nSPS) is 10.0. The van der Waals surface area contributed by atoms with E-state index in [0.717, 1.165) is 0 Å². The molecular weight excluding hydrogens is 136 g/mol. The number of rotatable bonds is 1. The molecule has 0 aromatic rings. The van der Waals surface area contributed by atoms with Crippen LogP contribution in [0.2, 0.25) is 0 Å². The Kier molecular flexibility index (Phi) is 4.83. The summed E-state index contributed by atoms with van der Waals surface area (Å²) >= 11 is 0. The van der Waals surface area contributed by atoms with Gasteiger partial charge in [0.2, 0.25) is 0 Å².